The van der Waals surface area contributed by atoms with Crippen molar-refractivity contribution in [2.45, 2.75) is 45.1 Å². The van der Waals surface area contributed by atoms with E-state index >= 15 is 0 Å². The van der Waals surface area contributed by atoms with Gasteiger partial charge in [-0.15, -0.1) is 12.4 Å². The Balaban J connectivity index is 0.00000108. The second-order valence-corrected chi connectivity index (χ2v) is 5.83. The van der Waals surface area contributed by atoms with Crippen LogP contribution < -0.4 is 10.6 Å². The van der Waals surface area contributed by atoms with E-state index < -0.39 is 0 Å². The summed E-state index contributed by atoms with van der Waals surface area (Å²) in [5, 5.41) is 6.68. The molecule has 0 aromatic heterocycles. The zero-order valence-electron chi connectivity index (χ0n) is 10.5. The normalized spacial score (nSPS) is 37.1. The van der Waals surface area contributed by atoms with E-state index in [1.165, 1.54) is 12.8 Å². The van der Waals surface area contributed by atoms with E-state index in [4.69, 9.17) is 0 Å². The highest BCUT2D eigenvalue weighted by Gasteiger charge is 2.55. The van der Waals surface area contributed by atoms with Gasteiger partial charge in [-0.2, -0.15) is 0 Å². The Hall–Kier alpha value is -0.280. The summed E-state index contributed by atoms with van der Waals surface area (Å²) in [7, 11) is 0. The molecule has 0 spiro atoms. The van der Waals surface area contributed by atoms with Crippen molar-refractivity contribution < 1.29 is 4.79 Å². The average Bonchev–Trinajstić information content (AvgIpc) is 2.82. The van der Waals surface area contributed by atoms with E-state index in [0.29, 0.717) is 11.9 Å². The molecular weight excluding hydrogens is 236 g/mol. The molecule has 17 heavy (non-hydrogen) atoms. The number of fused-ring (bicyclic) bond motifs is 1. The highest BCUT2D eigenvalue weighted by atomic mass is 35.5. The van der Waals surface area contributed by atoms with Crippen molar-refractivity contribution >= 4 is 18.3 Å². The Morgan fingerprint density at radius 1 is 1.29 bits per heavy atom. The number of rotatable bonds is 3. The minimum absolute atomic E-state index is 0. The van der Waals surface area contributed by atoms with Crippen LogP contribution in [0.15, 0.2) is 0 Å². The summed E-state index contributed by atoms with van der Waals surface area (Å²) in [5.41, 5.74) is -0.00961. The summed E-state index contributed by atoms with van der Waals surface area (Å²) in [4.78, 5) is 12.3. The molecule has 2 N–H and O–H groups in total. The minimum atomic E-state index is -0.00961. The lowest BCUT2D eigenvalue weighted by molar-refractivity contribution is -0.131. The fraction of sp³-hybridized carbons (Fsp3) is 0.923. The van der Waals surface area contributed by atoms with Crippen LogP contribution >= 0.6 is 12.4 Å². The van der Waals surface area contributed by atoms with E-state index in [2.05, 4.69) is 17.6 Å². The van der Waals surface area contributed by atoms with Crippen LogP contribution in [0.3, 0.4) is 0 Å². The highest BCUT2D eigenvalue weighted by molar-refractivity contribution is 5.85. The Labute approximate surface area is 110 Å². The highest BCUT2D eigenvalue weighted by Crippen LogP contribution is 2.45. The lowest BCUT2D eigenvalue weighted by Crippen LogP contribution is -2.42. The van der Waals surface area contributed by atoms with Gasteiger partial charge in [0.2, 0.25) is 5.91 Å². The van der Waals surface area contributed by atoms with Gasteiger partial charge < -0.3 is 10.6 Å². The lowest BCUT2D eigenvalue weighted by Gasteiger charge is -2.26. The van der Waals surface area contributed by atoms with E-state index in [-0.39, 0.29) is 17.8 Å². The van der Waals surface area contributed by atoms with Crippen molar-refractivity contribution in [1.82, 2.24) is 10.6 Å². The maximum atomic E-state index is 12.3. The molecule has 2 saturated carbocycles. The van der Waals surface area contributed by atoms with Crippen molar-refractivity contribution in [3.63, 3.8) is 0 Å². The molecule has 3 fully saturated rings. The standard InChI is InChI=1S/C13H22N2O.ClH/c1-2-13(5-3-4-6-13)12(16)15-11-9-7-14-8-10(9)11;/h9-11,14H,2-8H2,1H3,(H,15,16);1H. The topological polar surface area (TPSA) is 41.1 Å². The van der Waals surface area contributed by atoms with Gasteiger partial charge >= 0.3 is 0 Å². The van der Waals surface area contributed by atoms with Crippen LogP contribution in [0.1, 0.15) is 39.0 Å². The molecule has 0 radical (unpaired) electrons. The largest absolute Gasteiger partial charge is 0.352 e. The quantitative estimate of drug-likeness (QED) is 0.809. The number of hydrogen-bond acceptors (Lipinski definition) is 2. The number of carbonyl (C=O) groups excluding carboxylic acids is 1. The molecule has 2 unspecified atom stereocenters. The van der Waals surface area contributed by atoms with Gasteiger partial charge in [0.05, 0.1) is 0 Å². The first kappa shape index (κ1) is 13.2. The number of amides is 1. The summed E-state index contributed by atoms with van der Waals surface area (Å²) in [6.45, 7) is 4.38. The van der Waals surface area contributed by atoms with Crippen LogP contribution in [-0.2, 0) is 4.79 Å². The predicted octanol–water partition coefficient (Wildman–Crippen LogP) is 1.71. The van der Waals surface area contributed by atoms with Gasteiger partial charge in [0.25, 0.3) is 0 Å². The third-order valence-corrected chi connectivity index (χ3v) is 5.11. The minimum Gasteiger partial charge on any atom is -0.352 e. The molecule has 1 heterocycles. The van der Waals surface area contributed by atoms with Gasteiger partial charge in [-0.05, 0) is 31.1 Å². The van der Waals surface area contributed by atoms with Gasteiger partial charge in [0.15, 0.2) is 0 Å². The summed E-state index contributed by atoms with van der Waals surface area (Å²) in [6, 6.07) is 0.498. The zero-order chi connectivity index (χ0) is 11.2. The third-order valence-electron chi connectivity index (χ3n) is 5.11. The average molecular weight is 259 g/mol. The van der Waals surface area contributed by atoms with E-state index in [0.717, 1.165) is 44.2 Å². The summed E-state index contributed by atoms with van der Waals surface area (Å²) in [5.74, 6) is 1.82. The second-order valence-electron chi connectivity index (χ2n) is 5.83. The summed E-state index contributed by atoms with van der Waals surface area (Å²) in [6.07, 6.45) is 5.70. The fourth-order valence-electron chi connectivity index (χ4n) is 3.73. The number of nitrogens with one attached hydrogen (secondary N) is 2. The van der Waals surface area contributed by atoms with E-state index in [1.54, 1.807) is 0 Å². The van der Waals surface area contributed by atoms with Crippen molar-refractivity contribution in [2.75, 3.05) is 13.1 Å². The molecule has 3 aliphatic rings. The summed E-state index contributed by atoms with van der Waals surface area (Å²) >= 11 is 0. The van der Waals surface area contributed by atoms with Crippen molar-refractivity contribution in [3.8, 4) is 0 Å². The molecule has 2 atom stereocenters. The van der Waals surface area contributed by atoms with E-state index in [1.807, 2.05) is 0 Å². The first-order valence-corrected chi connectivity index (χ1v) is 6.78. The monoisotopic (exact) mass is 258 g/mol. The molecule has 1 amide bonds. The Kier molecular flexibility index (Phi) is 3.69. The maximum absolute atomic E-state index is 12.3. The number of halogens is 1. The molecule has 4 heteroatoms. The van der Waals surface area contributed by atoms with Crippen LogP contribution in [0.25, 0.3) is 0 Å². The molecule has 0 aromatic rings. The van der Waals surface area contributed by atoms with Gasteiger partial charge in [0, 0.05) is 24.5 Å². The Morgan fingerprint density at radius 2 is 1.88 bits per heavy atom. The molecule has 0 aromatic carbocycles. The van der Waals surface area contributed by atoms with Crippen LogP contribution in [-0.4, -0.2) is 25.0 Å². The number of hydrogen-bond donors (Lipinski definition) is 2. The van der Waals surface area contributed by atoms with Gasteiger partial charge in [-0.3, -0.25) is 4.79 Å². The van der Waals surface area contributed by atoms with Crippen LogP contribution in [0, 0.1) is 17.3 Å². The molecule has 3 nitrogen and oxygen atoms in total. The number of piperidine rings is 1. The molecule has 0 bridgehead atoms. The molecular formula is C13H23ClN2O. The van der Waals surface area contributed by atoms with Crippen molar-refractivity contribution in [2.24, 2.45) is 17.3 Å². The van der Waals surface area contributed by atoms with Crippen molar-refractivity contribution in [1.29, 1.82) is 0 Å². The first-order chi connectivity index (χ1) is 7.77. The lowest BCUT2D eigenvalue weighted by atomic mass is 9.82. The van der Waals surface area contributed by atoms with Gasteiger partial charge in [0.1, 0.15) is 0 Å². The third kappa shape index (κ3) is 2.08. The maximum Gasteiger partial charge on any atom is 0.226 e. The molecule has 1 saturated heterocycles. The molecule has 98 valence electrons. The predicted molar refractivity (Wildman–Crippen MR) is 70.2 cm³/mol. The Morgan fingerprint density at radius 3 is 2.41 bits per heavy atom. The van der Waals surface area contributed by atoms with Gasteiger partial charge in [-0.1, -0.05) is 19.8 Å². The van der Waals surface area contributed by atoms with Crippen molar-refractivity contribution in [3.05, 3.63) is 0 Å². The number of carbonyl (C=O) groups is 1. The second kappa shape index (κ2) is 4.77. The molecule has 1 aliphatic heterocycles. The smallest absolute Gasteiger partial charge is 0.226 e. The molecule has 2 aliphatic carbocycles. The summed E-state index contributed by atoms with van der Waals surface area (Å²) < 4.78 is 0. The Bertz CT molecular complexity index is 292. The van der Waals surface area contributed by atoms with E-state index in [9.17, 15) is 4.79 Å². The SMILES string of the molecule is CCC1(C(=O)NC2C3CNCC32)CCCC1.Cl. The van der Waals surface area contributed by atoms with Gasteiger partial charge in [-0.25, -0.2) is 0 Å². The fourth-order valence-corrected chi connectivity index (χ4v) is 3.73. The zero-order valence-corrected chi connectivity index (χ0v) is 11.3. The van der Waals surface area contributed by atoms with Crippen LogP contribution in [0.5, 0.6) is 0 Å². The first-order valence-electron chi connectivity index (χ1n) is 6.78. The van der Waals surface area contributed by atoms with Crippen LogP contribution in [0.4, 0.5) is 0 Å². The van der Waals surface area contributed by atoms with Crippen LogP contribution in [0.2, 0.25) is 0 Å². The molecule has 3 rings (SSSR count).